The zero-order valence-corrected chi connectivity index (χ0v) is 11.2. The fourth-order valence-electron chi connectivity index (χ4n) is 2.41. The summed E-state index contributed by atoms with van der Waals surface area (Å²) in [6.07, 6.45) is 2.94. The average molecular weight is 258 g/mol. The smallest absolute Gasteiger partial charge is 0.250 e. The zero-order valence-electron chi connectivity index (χ0n) is 11.2. The van der Waals surface area contributed by atoms with Crippen LogP contribution in [0.25, 0.3) is 0 Å². The molecular formula is C15H18N2O2. The van der Waals surface area contributed by atoms with Crippen molar-refractivity contribution in [2.45, 2.75) is 26.7 Å². The summed E-state index contributed by atoms with van der Waals surface area (Å²) < 4.78 is 0. The van der Waals surface area contributed by atoms with Crippen molar-refractivity contribution in [3.63, 3.8) is 0 Å². The first-order chi connectivity index (χ1) is 8.87. The molecule has 0 spiro atoms. The molecule has 0 saturated carbocycles. The van der Waals surface area contributed by atoms with Crippen LogP contribution in [-0.2, 0) is 4.79 Å². The highest BCUT2D eigenvalue weighted by Crippen LogP contribution is 2.34. The van der Waals surface area contributed by atoms with Crippen molar-refractivity contribution in [2.75, 3.05) is 5.32 Å². The van der Waals surface area contributed by atoms with Crippen LogP contribution in [0, 0.1) is 5.41 Å². The highest BCUT2D eigenvalue weighted by atomic mass is 16.1. The van der Waals surface area contributed by atoms with Crippen LogP contribution in [-0.4, -0.2) is 11.7 Å². The maximum atomic E-state index is 11.7. The summed E-state index contributed by atoms with van der Waals surface area (Å²) in [5.74, 6) is -0.375. The Morgan fingerprint density at radius 3 is 2.58 bits per heavy atom. The number of ketones is 1. The number of anilines is 1. The molecule has 0 saturated heterocycles. The summed E-state index contributed by atoms with van der Waals surface area (Å²) in [7, 11) is 0. The third-order valence-corrected chi connectivity index (χ3v) is 3.14. The van der Waals surface area contributed by atoms with Gasteiger partial charge < -0.3 is 11.1 Å². The Morgan fingerprint density at radius 1 is 1.26 bits per heavy atom. The average Bonchev–Trinajstić information content (AvgIpc) is 2.26. The zero-order chi connectivity index (χ0) is 14.0. The number of amides is 1. The number of benzene rings is 1. The quantitative estimate of drug-likeness (QED) is 0.874. The molecule has 0 aliphatic heterocycles. The topological polar surface area (TPSA) is 72.2 Å². The lowest BCUT2D eigenvalue weighted by molar-refractivity contribution is -0.117. The Kier molecular flexibility index (Phi) is 3.42. The highest BCUT2D eigenvalue weighted by molar-refractivity contribution is 5.99. The van der Waals surface area contributed by atoms with Gasteiger partial charge >= 0.3 is 0 Å². The number of carbonyl (C=O) groups is 2. The lowest BCUT2D eigenvalue weighted by atomic mass is 9.79. The summed E-state index contributed by atoms with van der Waals surface area (Å²) in [5.41, 5.74) is 7.18. The van der Waals surface area contributed by atoms with Gasteiger partial charge in [-0.05, 0) is 24.0 Å². The van der Waals surface area contributed by atoms with Crippen molar-refractivity contribution in [1.29, 1.82) is 0 Å². The minimum Gasteiger partial charge on any atom is -0.366 e. The van der Waals surface area contributed by atoms with Crippen LogP contribution in [0.15, 0.2) is 36.0 Å². The predicted molar refractivity (Wildman–Crippen MR) is 74.7 cm³/mol. The van der Waals surface area contributed by atoms with E-state index in [9.17, 15) is 9.59 Å². The Hall–Kier alpha value is -2.10. The monoisotopic (exact) mass is 258 g/mol. The van der Waals surface area contributed by atoms with Gasteiger partial charge in [-0.2, -0.15) is 0 Å². The molecule has 1 aliphatic rings. The fraction of sp³-hybridized carbons (Fsp3) is 0.333. The van der Waals surface area contributed by atoms with Gasteiger partial charge in [0.05, 0.1) is 11.3 Å². The molecule has 1 aromatic rings. The summed E-state index contributed by atoms with van der Waals surface area (Å²) in [5, 5.41) is 3.16. The second kappa shape index (κ2) is 4.88. The SMILES string of the molecule is CC1(C)CC(=O)C=C(Nc2ccccc2C(N)=O)C1. The lowest BCUT2D eigenvalue weighted by Gasteiger charge is -2.29. The van der Waals surface area contributed by atoms with Crippen molar-refractivity contribution < 1.29 is 9.59 Å². The normalized spacial score (nSPS) is 17.8. The number of rotatable bonds is 3. The van der Waals surface area contributed by atoms with E-state index in [2.05, 4.69) is 19.2 Å². The van der Waals surface area contributed by atoms with Crippen LogP contribution >= 0.6 is 0 Å². The van der Waals surface area contributed by atoms with Crippen molar-refractivity contribution in [1.82, 2.24) is 0 Å². The van der Waals surface area contributed by atoms with E-state index in [-0.39, 0.29) is 11.2 Å². The molecule has 100 valence electrons. The molecule has 0 aromatic heterocycles. The van der Waals surface area contributed by atoms with Gasteiger partial charge in [-0.1, -0.05) is 26.0 Å². The second-order valence-electron chi connectivity index (χ2n) is 5.69. The first kappa shape index (κ1) is 13.3. The molecule has 4 heteroatoms. The molecule has 0 unspecified atom stereocenters. The van der Waals surface area contributed by atoms with E-state index in [1.165, 1.54) is 0 Å². The van der Waals surface area contributed by atoms with Gasteiger partial charge in [-0.25, -0.2) is 0 Å². The van der Waals surface area contributed by atoms with E-state index in [1.54, 1.807) is 24.3 Å². The van der Waals surface area contributed by atoms with Crippen LogP contribution in [0.3, 0.4) is 0 Å². The van der Waals surface area contributed by atoms with Crippen molar-refractivity contribution in [3.05, 3.63) is 41.6 Å². The van der Waals surface area contributed by atoms with Crippen LogP contribution in [0.5, 0.6) is 0 Å². The number of nitrogens with one attached hydrogen (secondary N) is 1. The van der Waals surface area contributed by atoms with Gasteiger partial charge in [-0.15, -0.1) is 0 Å². The number of hydrogen-bond donors (Lipinski definition) is 2. The lowest BCUT2D eigenvalue weighted by Crippen LogP contribution is -2.25. The summed E-state index contributed by atoms with van der Waals surface area (Å²) in [6, 6.07) is 7.04. The number of nitrogens with two attached hydrogens (primary N) is 1. The highest BCUT2D eigenvalue weighted by Gasteiger charge is 2.27. The van der Waals surface area contributed by atoms with E-state index < -0.39 is 5.91 Å². The van der Waals surface area contributed by atoms with Crippen molar-refractivity contribution in [2.24, 2.45) is 11.1 Å². The maximum Gasteiger partial charge on any atom is 0.250 e. The van der Waals surface area contributed by atoms with E-state index in [0.29, 0.717) is 17.7 Å². The molecule has 0 heterocycles. The van der Waals surface area contributed by atoms with Crippen LogP contribution in [0.1, 0.15) is 37.0 Å². The molecule has 0 radical (unpaired) electrons. The third kappa shape index (κ3) is 3.22. The molecule has 1 amide bonds. The number of para-hydroxylation sites is 1. The van der Waals surface area contributed by atoms with Gasteiger partial charge in [0.2, 0.25) is 0 Å². The maximum absolute atomic E-state index is 11.7. The van der Waals surface area contributed by atoms with Gasteiger partial charge in [0, 0.05) is 18.2 Å². The number of primary amides is 1. The Bertz CT molecular complexity index is 559. The Labute approximate surface area is 112 Å². The molecule has 0 atom stereocenters. The van der Waals surface area contributed by atoms with Gasteiger partial charge in [-0.3, -0.25) is 9.59 Å². The minimum absolute atomic E-state index is 0.0597. The fourth-order valence-corrected chi connectivity index (χ4v) is 2.41. The van der Waals surface area contributed by atoms with Crippen molar-refractivity contribution >= 4 is 17.4 Å². The summed E-state index contributed by atoms with van der Waals surface area (Å²) in [6.45, 7) is 4.11. The molecule has 1 aliphatic carbocycles. The first-order valence-corrected chi connectivity index (χ1v) is 6.27. The molecule has 2 rings (SSSR count). The predicted octanol–water partition coefficient (Wildman–Crippen LogP) is 2.47. The van der Waals surface area contributed by atoms with E-state index in [0.717, 1.165) is 12.1 Å². The van der Waals surface area contributed by atoms with Crippen LogP contribution in [0.4, 0.5) is 5.69 Å². The van der Waals surface area contributed by atoms with E-state index in [4.69, 9.17) is 5.73 Å². The molecule has 3 N–H and O–H groups in total. The second-order valence-corrected chi connectivity index (χ2v) is 5.69. The van der Waals surface area contributed by atoms with Gasteiger partial charge in [0.1, 0.15) is 0 Å². The van der Waals surface area contributed by atoms with Gasteiger partial charge in [0.25, 0.3) is 5.91 Å². The molecule has 19 heavy (non-hydrogen) atoms. The first-order valence-electron chi connectivity index (χ1n) is 6.27. The molecule has 1 aromatic carbocycles. The van der Waals surface area contributed by atoms with E-state index >= 15 is 0 Å². The number of carbonyl (C=O) groups excluding carboxylic acids is 2. The van der Waals surface area contributed by atoms with E-state index in [1.807, 2.05) is 6.07 Å². The largest absolute Gasteiger partial charge is 0.366 e. The molecule has 4 nitrogen and oxygen atoms in total. The van der Waals surface area contributed by atoms with Crippen LogP contribution in [0.2, 0.25) is 0 Å². The summed E-state index contributed by atoms with van der Waals surface area (Å²) >= 11 is 0. The van der Waals surface area contributed by atoms with Crippen LogP contribution < -0.4 is 11.1 Å². The number of allylic oxidation sites excluding steroid dienone is 2. The Balaban J connectivity index is 2.27. The number of hydrogen-bond acceptors (Lipinski definition) is 3. The molecular weight excluding hydrogens is 240 g/mol. The standard InChI is InChI=1S/C15H18N2O2/c1-15(2)8-10(7-11(18)9-15)17-13-6-4-3-5-12(13)14(16)19/h3-7,17H,8-9H2,1-2H3,(H2,16,19). The molecule has 0 fully saturated rings. The molecule has 0 bridgehead atoms. The van der Waals surface area contributed by atoms with Gasteiger partial charge in [0.15, 0.2) is 5.78 Å². The minimum atomic E-state index is -0.481. The summed E-state index contributed by atoms with van der Waals surface area (Å²) in [4.78, 5) is 23.0. The van der Waals surface area contributed by atoms with Crippen molar-refractivity contribution in [3.8, 4) is 0 Å². The Morgan fingerprint density at radius 2 is 1.95 bits per heavy atom. The third-order valence-electron chi connectivity index (χ3n) is 3.14.